The van der Waals surface area contributed by atoms with E-state index in [9.17, 15) is 4.91 Å². The van der Waals surface area contributed by atoms with Crippen LogP contribution < -0.4 is 0 Å². The first-order valence-electron chi connectivity index (χ1n) is 6.29. The van der Waals surface area contributed by atoms with Crippen molar-refractivity contribution in [2.75, 3.05) is 33.4 Å². The van der Waals surface area contributed by atoms with E-state index in [-0.39, 0.29) is 0 Å². The molecule has 0 amide bonds. The Balaban J connectivity index is 2.39. The predicted octanol–water partition coefficient (Wildman–Crippen LogP) is 1.89. The van der Waals surface area contributed by atoms with Gasteiger partial charge in [0.05, 0.1) is 7.11 Å². The third-order valence-corrected chi connectivity index (χ3v) is 3.37. The molecule has 18 heavy (non-hydrogen) atoms. The van der Waals surface area contributed by atoms with Crippen molar-refractivity contribution < 1.29 is 9.84 Å². The quantitative estimate of drug-likeness (QED) is 0.446. The van der Waals surface area contributed by atoms with E-state index < -0.39 is 0 Å². The van der Waals surface area contributed by atoms with Crippen LogP contribution in [0.5, 0.6) is 0 Å². The fourth-order valence-corrected chi connectivity index (χ4v) is 1.98. The molecule has 1 saturated heterocycles. The van der Waals surface area contributed by atoms with Crippen molar-refractivity contribution in [2.24, 2.45) is 11.1 Å². The monoisotopic (exact) mass is 254 g/mol. The molecule has 5 heteroatoms. The van der Waals surface area contributed by atoms with Gasteiger partial charge in [0.25, 0.3) is 0 Å². The minimum Gasteiger partial charge on any atom is -0.499 e. The summed E-state index contributed by atoms with van der Waals surface area (Å²) >= 11 is 0. The molecule has 0 aliphatic carbocycles. The number of nitrogens with zero attached hydrogens (tertiary/aromatic N) is 2. The van der Waals surface area contributed by atoms with E-state index in [1.54, 1.807) is 13.0 Å². The van der Waals surface area contributed by atoms with Gasteiger partial charge in [-0.15, -0.1) is 4.91 Å². The number of ether oxygens (including phenoxy) is 1. The maximum atomic E-state index is 10.6. The molecule has 0 radical (unpaired) electrons. The third kappa shape index (κ3) is 4.58. The number of nitroso groups, excluding NO2 is 1. The molecule has 0 atom stereocenters. The minimum atomic E-state index is 0.290. The van der Waals surface area contributed by atoms with Crippen LogP contribution in [0.25, 0.3) is 0 Å². The molecule has 1 heterocycles. The van der Waals surface area contributed by atoms with Crippen LogP contribution >= 0.6 is 0 Å². The molecule has 1 fully saturated rings. The van der Waals surface area contributed by atoms with E-state index in [0.717, 1.165) is 32.5 Å². The van der Waals surface area contributed by atoms with Gasteiger partial charge in [0.1, 0.15) is 11.5 Å². The van der Waals surface area contributed by atoms with Crippen molar-refractivity contribution in [3.8, 4) is 0 Å². The number of likely N-dealkylation sites (tertiary alicyclic amines) is 1. The highest BCUT2D eigenvalue weighted by Crippen LogP contribution is 2.16. The molecule has 0 spiro atoms. The lowest BCUT2D eigenvalue weighted by atomic mass is 9.98. The molecule has 5 nitrogen and oxygen atoms in total. The van der Waals surface area contributed by atoms with Crippen molar-refractivity contribution in [3.05, 3.63) is 28.5 Å². The van der Waals surface area contributed by atoms with Crippen LogP contribution in [0.15, 0.2) is 28.8 Å². The second-order valence-electron chi connectivity index (χ2n) is 4.57. The third-order valence-electron chi connectivity index (χ3n) is 3.37. The Morgan fingerprint density at radius 1 is 1.50 bits per heavy atom. The average Bonchev–Trinajstić information content (AvgIpc) is 2.43. The Morgan fingerprint density at radius 3 is 2.67 bits per heavy atom. The number of hydrogen-bond donors (Lipinski definition) is 1. The molecular weight excluding hydrogens is 232 g/mol. The van der Waals surface area contributed by atoms with Crippen LogP contribution in [0.4, 0.5) is 0 Å². The zero-order chi connectivity index (χ0) is 13.4. The van der Waals surface area contributed by atoms with Crippen molar-refractivity contribution in [1.29, 1.82) is 0 Å². The summed E-state index contributed by atoms with van der Waals surface area (Å²) in [6.07, 6.45) is 5.70. The molecule has 0 unspecified atom stereocenters. The molecule has 102 valence electrons. The van der Waals surface area contributed by atoms with E-state index in [2.05, 4.69) is 10.1 Å². The summed E-state index contributed by atoms with van der Waals surface area (Å²) in [6.45, 7) is 4.79. The smallest absolute Gasteiger partial charge is 0.144 e. The first-order chi connectivity index (χ1) is 8.71. The number of aliphatic hydroxyl groups is 1. The Bertz CT molecular complexity index is 318. The summed E-state index contributed by atoms with van der Waals surface area (Å²) in [5.74, 6) is 0.980. The molecule has 1 aliphatic heterocycles. The maximum Gasteiger partial charge on any atom is 0.144 e. The first kappa shape index (κ1) is 14.9. The lowest BCUT2D eigenvalue weighted by Gasteiger charge is -2.30. The lowest BCUT2D eigenvalue weighted by molar-refractivity contribution is 0.139. The standard InChI is InChI=1S/C13H22N2O3/c1-11(18-2)13(14-17)4-3-7-15-8-5-12(10-16)6-9-15/h3-4,12,16H,5-10H2,1-2H3/b4-3-,13-11-. The van der Waals surface area contributed by atoms with E-state index in [1.165, 1.54) is 7.11 Å². The Labute approximate surface area is 108 Å². The van der Waals surface area contributed by atoms with Gasteiger partial charge in [0, 0.05) is 13.2 Å². The van der Waals surface area contributed by atoms with Crippen molar-refractivity contribution in [1.82, 2.24) is 4.90 Å². The van der Waals surface area contributed by atoms with Gasteiger partial charge in [-0.3, -0.25) is 4.90 Å². The second kappa shape index (κ2) is 8.00. The van der Waals surface area contributed by atoms with Gasteiger partial charge < -0.3 is 9.84 Å². The summed E-state index contributed by atoms with van der Waals surface area (Å²) in [4.78, 5) is 12.9. The highest BCUT2D eigenvalue weighted by molar-refractivity contribution is 5.20. The summed E-state index contributed by atoms with van der Waals surface area (Å²) in [5.41, 5.74) is 0.336. The number of hydrogen-bond acceptors (Lipinski definition) is 5. The SMILES string of the molecule is CO/C(C)=C(/C=C\CN1CCC(CO)CC1)N=O. The summed E-state index contributed by atoms with van der Waals surface area (Å²) in [7, 11) is 1.52. The second-order valence-corrected chi connectivity index (χ2v) is 4.57. The first-order valence-corrected chi connectivity index (χ1v) is 6.29. The van der Waals surface area contributed by atoms with Crippen LogP contribution in [0, 0.1) is 10.8 Å². The zero-order valence-corrected chi connectivity index (χ0v) is 11.1. The van der Waals surface area contributed by atoms with Crippen molar-refractivity contribution >= 4 is 0 Å². The van der Waals surface area contributed by atoms with Gasteiger partial charge in [0.15, 0.2) is 0 Å². The van der Waals surface area contributed by atoms with E-state index in [0.29, 0.717) is 24.0 Å². The Hall–Kier alpha value is -1.20. The summed E-state index contributed by atoms with van der Waals surface area (Å²) in [6, 6.07) is 0. The van der Waals surface area contributed by atoms with Crippen LogP contribution in [-0.2, 0) is 4.74 Å². The van der Waals surface area contributed by atoms with Gasteiger partial charge in [-0.1, -0.05) is 6.08 Å². The molecular formula is C13H22N2O3. The Morgan fingerprint density at radius 2 is 2.17 bits per heavy atom. The van der Waals surface area contributed by atoms with E-state index in [4.69, 9.17) is 9.84 Å². The van der Waals surface area contributed by atoms with Crippen LogP contribution in [0.2, 0.25) is 0 Å². The molecule has 0 bridgehead atoms. The molecule has 0 aromatic carbocycles. The number of allylic oxidation sites excluding steroid dienone is 2. The molecule has 1 aliphatic rings. The highest BCUT2D eigenvalue weighted by Gasteiger charge is 2.17. The van der Waals surface area contributed by atoms with E-state index in [1.807, 2.05) is 6.08 Å². The van der Waals surface area contributed by atoms with Crippen LogP contribution in [-0.4, -0.2) is 43.4 Å². The zero-order valence-electron chi connectivity index (χ0n) is 11.1. The lowest BCUT2D eigenvalue weighted by Crippen LogP contribution is -2.34. The van der Waals surface area contributed by atoms with Crippen molar-refractivity contribution in [2.45, 2.75) is 19.8 Å². The number of methoxy groups -OCH3 is 1. The average molecular weight is 254 g/mol. The Kier molecular flexibility index (Phi) is 6.60. The summed E-state index contributed by atoms with van der Waals surface area (Å²) < 4.78 is 4.97. The van der Waals surface area contributed by atoms with Gasteiger partial charge in [-0.25, -0.2) is 0 Å². The number of rotatable bonds is 6. The molecule has 1 rings (SSSR count). The fraction of sp³-hybridized carbons (Fsp3) is 0.692. The molecule has 0 aromatic rings. The topological polar surface area (TPSA) is 62.1 Å². The van der Waals surface area contributed by atoms with Gasteiger partial charge in [-0.2, -0.15) is 0 Å². The summed E-state index contributed by atoms with van der Waals surface area (Å²) in [5, 5.41) is 12.0. The minimum absolute atomic E-state index is 0.290. The number of piperidine rings is 1. The highest BCUT2D eigenvalue weighted by atomic mass is 16.5. The largest absolute Gasteiger partial charge is 0.499 e. The van der Waals surface area contributed by atoms with Crippen molar-refractivity contribution in [3.63, 3.8) is 0 Å². The van der Waals surface area contributed by atoms with Crippen LogP contribution in [0.1, 0.15) is 19.8 Å². The van der Waals surface area contributed by atoms with Gasteiger partial charge >= 0.3 is 0 Å². The predicted molar refractivity (Wildman–Crippen MR) is 70.9 cm³/mol. The molecule has 0 saturated carbocycles. The van der Waals surface area contributed by atoms with Crippen LogP contribution in [0.3, 0.4) is 0 Å². The molecule has 0 aromatic heterocycles. The van der Waals surface area contributed by atoms with Gasteiger partial charge in [-0.05, 0) is 50.0 Å². The molecule has 1 N–H and O–H groups in total. The van der Waals surface area contributed by atoms with Gasteiger partial charge in [0.2, 0.25) is 0 Å². The normalized spacial score (nSPS) is 19.9. The number of aliphatic hydroxyl groups excluding tert-OH is 1. The van der Waals surface area contributed by atoms with E-state index >= 15 is 0 Å². The maximum absolute atomic E-state index is 10.6. The fourth-order valence-electron chi connectivity index (χ4n) is 1.98.